The molecule has 0 aliphatic heterocycles. The minimum absolute atomic E-state index is 0.144. The van der Waals surface area contributed by atoms with Crippen molar-refractivity contribution in [1.82, 2.24) is 29.7 Å². The first-order valence-corrected chi connectivity index (χ1v) is 7.52. The molecule has 1 amide bonds. The zero-order valence-corrected chi connectivity index (χ0v) is 12.7. The fourth-order valence-electron chi connectivity index (χ4n) is 1.97. The van der Waals surface area contributed by atoms with Crippen LogP contribution < -0.4 is 5.32 Å². The third-order valence-electron chi connectivity index (χ3n) is 3.10. The van der Waals surface area contributed by atoms with Crippen LogP contribution in [0.25, 0.3) is 11.3 Å². The van der Waals surface area contributed by atoms with Crippen molar-refractivity contribution in [2.24, 2.45) is 0 Å². The smallest absolute Gasteiger partial charge is 0.265 e. The van der Waals surface area contributed by atoms with Gasteiger partial charge in [0.2, 0.25) is 0 Å². The van der Waals surface area contributed by atoms with E-state index in [-0.39, 0.29) is 5.91 Å². The van der Waals surface area contributed by atoms with Crippen LogP contribution in [0.5, 0.6) is 0 Å². The molecule has 0 bridgehead atoms. The van der Waals surface area contributed by atoms with Crippen molar-refractivity contribution in [2.75, 3.05) is 6.54 Å². The first-order valence-electron chi connectivity index (χ1n) is 6.75. The Balaban J connectivity index is 1.56. The zero-order chi connectivity index (χ0) is 15.4. The molecular weight excluding hydrogens is 300 g/mol. The largest absolute Gasteiger partial charge is 0.349 e. The number of amides is 1. The Bertz CT molecular complexity index is 767. The Morgan fingerprint density at radius 2 is 2.14 bits per heavy atom. The van der Waals surface area contributed by atoms with Gasteiger partial charge >= 0.3 is 0 Å². The Morgan fingerprint density at radius 1 is 1.32 bits per heavy atom. The highest BCUT2D eigenvalue weighted by Gasteiger charge is 2.12. The average Bonchev–Trinajstić information content (AvgIpc) is 3.17. The Kier molecular flexibility index (Phi) is 4.19. The predicted molar refractivity (Wildman–Crippen MR) is 82.4 cm³/mol. The van der Waals surface area contributed by atoms with Gasteiger partial charge in [0.15, 0.2) is 0 Å². The molecule has 8 heteroatoms. The summed E-state index contributed by atoms with van der Waals surface area (Å²) in [5.41, 5.74) is 2.56. The van der Waals surface area contributed by atoms with Gasteiger partial charge in [0.05, 0.1) is 17.9 Å². The van der Waals surface area contributed by atoms with E-state index in [9.17, 15) is 4.79 Å². The number of carbonyl (C=O) groups is 1. The zero-order valence-electron chi connectivity index (χ0n) is 11.9. The lowest BCUT2D eigenvalue weighted by Gasteiger charge is -2.04. The van der Waals surface area contributed by atoms with E-state index in [4.69, 9.17) is 0 Å². The molecule has 3 aromatic heterocycles. The standard InChI is InChI=1S/C14H14N6OS/c1-10-13(22-19-17-10)14(21)16-7-9-20-8-4-12(18-20)11-2-5-15-6-3-11/h2-6,8H,7,9H2,1H3,(H,16,21). The Hall–Kier alpha value is -2.61. The van der Waals surface area contributed by atoms with Gasteiger partial charge in [-0.3, -0.25) is 14.5 Å². The molecule has 3 rings (SSSR count). The molecule has 3 heterocycles. The maximum atomic E-state index is 11.9. The summed E-state index contributed by atoms with van der Waals surface area (Å²) in [5.74, 6) is -0.144. The maximum absolute atomic E-state index is 11.9. The molecule has 0 spiro atoms. The molecule has 0 aromatic carbocycles. The monoisotopic (exact) mass is 314 g/mol. The lowest BCUT2D eigenvalue weighted by Crippen LogP contribution is -2.27. The normalized spacial score (nSPS) is 10.6. The number of aromatic nitrogens is 5. The van der Waals surface area contributed by atoms with Crippen molar-refractivity contribution in [3.8, 4) is 11.3 Å². The summed E-state index contributed by atoms with van der Waals surface area (Å²) in [6, 6.07) is 5.76. The average molecular weight is 314 g/mol. The molecule has 0 atom stereocenters. The molecular formula is C14H14N6OS. The van der Waals surface area contributed by atoms with Gasteiger partial charge in [-0.25, -0.2) is 0 Å². The van der Waals surface area contributed by atoms with Gasteiger partial charge in [0, 0.05) is 30.7 Å². The van der Waals surface area contributed by atoms with Crippen LogP contribution >= 0.6 is 11.5 Å². The van der Waals surface area contributed by atoms with Gasteiger partial charge in [-0.1, -0.05) is 4.49 Å². The molecule has 0 aliphatic carbocycles. The number of hydrogen-bond donors (Lipinski definition) is 1. The highest BCUT2D eigenvalue weighted by atomic mass is 32.1. The number of nitrogens with one attached hydrogen (secondary N) is 1. The van der Waals surface area contributed by atoms with Crippen LogP contribution in [-0.2, 0) is 6.54 Å². The molecule has 3 aromatic rings. The Morgan fingerprint density at radius 3 is 2.86 bits per heavy atom. The highest BCUT2D eigenvalue weighted by molar-refractivity contribution is 7.07. The van der Waals surface area contributed by atoms with Crippen molar-refractivity contribution in [1.29, 1.82) is 0 Å². The van der Waals surface area contributed by atoms with Gasteiger partial charge in [-0.05, 0) is 36.7 Å². The molecule has 0 aliphatic rings. The molecule has 1 N–H and O–H groups in total. The highest BCUT2D eigenvalue weighted by Crippen LogP contribution is 2.14. The van der Waals surface area contributed by atoms with Gasteiger partial charge in [-0.15, -0.1) is 5.10 Å². The van der Waals surface area contributed by atoms with Crippen molar-refractivity contribution >= 4 is 17.4 Å². The lowest BCUT2D eigenvalue weighted by molar-refractivity contribution is 0.0955. The topological polar surface area (TPSA) is 85.6 Å². The summed E-state index contributed by atoms with van der Waals surface area (Å²) in [5, 5.41) is 11.1. The van der Waals surface area contributed by atoms with Gasteiger partial charge in [-0.2, -0.15) is 5.10 Å². The van der Waals surface area contributed by atoms with E-state index in [0.717, 1.165) is 22.8 Å². The molecule has 7 nitrogen and oxygen atoms in total. The summed E-state index contributed by atoms with van der Waals surface area (Å²) in [4.78, 5) is 16.5. The number of aryl methyl sites for hydroxylation is 1. The van der Waals surface area contributed by atoms with Crippen molar-refractivity contribution in [3.05, 3.63) is 47.4 Å². The summed E-state index contributed by atoms with van der Waals surface area (Å²) >= 11 is 1.10. The van der Waals surface area contributed by atoms with Crippen molar-refractivity contribution in [3.63, 3.8) is 0 Å². The SMILES string of the molecule is Cc1nnsc1C(=O)NCCn1ccc(-c2ccncc2)n1. The van der Waals surface area contributed by atoms with Crippen molar-refractivity contribution in [2.45, 2.75) is 13.5 Å². The van der Waals surface area contributed by atoms with E-state index in [1.165, 1.54) is 0 Å². The van der Waals surface area contributed by atoms with Crippen LogP contribution in [-0.4, -0.2) is 36.8 Å². The minimum atomic E-state index is -0.144. The second-order valence-corrected chi connectivity index (χ2v) is 5.40. The summed E-state index contributed by atoms with van der Waals surface area (Å²) in [6.07, 6.45) is 5.36. The first kappa shape index (κ1) is 14.3. The molecule has 22 heavy (non-hydrogen) atoms. The summed E-state index contributed by atoms with van der Waals surface area (Å²) in [7, 11) is 0. The first-order chi connectivity index (χ1) is 10.7. The summed E-state index contributed by atoms with van der Waals surface area (Å²) in [6.45, 7) is 2.86. The number of nitrogens with zero attached hydrogens (tertiary/aromatic N) is 5. The minimum Gasteiger partial charge on any atom is -0.349 e. The third kappa shape index (κ3) is 3.17. The molecule has 0 saturated heterocycles. The molecule has 0 saturated carbocycles. The van der Waals surface area contributed by atoms with Crippen molar-refractivity contribution < 1.29 is 4.79 Å². The number of pyridine rings is 1. The van der Waals surface area contributed by atoms with Crippen LogP contribution in [0.3, 0.4) is 0 Å². The van der Waals surface area contributed by atoms with E-state index < -0.39 is 0 Å². The quantitative estimate of drug-likeness (QED) is 0.772. The van der Waals surface area contributed by atoms with Crippen LogP contribution in [0, 0.1) is 6.92 Å². The van der Waals surface area contributed by atoms with Crippen LogP contribution in [0.1, 0.15) is 15.4 Å². The molecule has 0 unspecified atom stereocenters. The van der Waals surface area contributed by atoms with E-state index in [0.29, 0.717) is 23.7 Å². The van der Waals surface area contributed by atoms with Gasteiger partial charge in [0.1, 0.15) is 4.88 Å². The molecule has 0 radical (unpaired) electrons. The van der Waals surface area contributed by atoms with E-state index in [1.807, 2.05) is 24.4 Å². The fourth-order valence-corrected chi connectivity index (χ4v) is 2.54. The van der Waals surface area contributed by atoms with Crippen LogP contribution in [0.4, 0.5) is 0 Å². The maximum Gasteiger partial charge on any atom is 0.265 e. The van der Waals surface area contributed by atoms with Gasteiger partial charge in [0.25, 0.3) is 5.91 Å². The predicted octanol–water partition coefficient (Wildman–Crippen LogP) is 1.54. The van der Waals surface area contributed by atoms with E-state index in [2.05, 4.69) is 25.0 Å². The fraction of sp³-hybridized carbons (Fsp3) is 0.214. The second-order valence-electron chi connectivity index (χ2n) is 4.64. The lowest BCUT2D eigenvalue weighted by atomic mass is 10.2. The summed E-state index contributed by atoms with van der Waals surface area (Å²) < 4.78 is 5.55. The van der Waals surface area contributed by atoms with Crippen LogP contribution in [0.2, 0.25) is 0 Å². The van der Waals surface area contributed by atoms with Gasteiger partial charge < -0.3 is 5.32 Å². The van der Waals surface area contributed by atoms with Crippen LogP contribution in [0.15, 0.2) is 36.8 Å². The number of carbonyl (C=O) groups excluding carboxylic acids is 1. The Labute approximate surface area is 131 Å². The third-order valence-corrected chi connectivity index (χ3v) is 3.93. The second kappa shape index (κ2) is 6.44. The molecule has 112 valence electrons. The van der Waals surface area contributed by atoms with E-state index in [1.54, 1.807) is 24.0 Å². The number of hydrogen-bond acceptors (Lipinski definition) is 6. The molecule has 0 fully saturated rings. The van der Waals surface area contributed by atoms with E-state index >= 15 is 0 Å². The number of rotatable bonds is 5.